The van der Waals surface area contributed by atoms with E-state index in [2.05, 4.69) is 15.8 Å². The molecule has 0 saturated carbocycles. The molecule has 0 spiro atoms. The molecule has 2 aromatic rings. The van der Waals surface area contributed by atoms with Crippen molar-refractivity contribution in [2.75, 3.05) is 19.5 Å². The van der Waals surface area contributed by atoms with Crippen LogP contribution in [-0.2, 0) is 6.18 Å². The van der Waals surface area contributed by atoms with Crippen molar-refractivity contribution in [1.82, 2.24) is 5.43 Å². The Morgan fingerprint density at radius 3 is 2.50 bits per heavy atom. The van der Waals surface area contributed by atoms with Gasteiger partial charge in [-0.3, -0.25) is 5.43 Å². The molecule has 5 nitrogen and oxygen atoms in total. The number of hydrogen-bond acceptors (Lipinski definition) is 4. The van der Waals surface area contributed by atoms with Gasteiger partial charge in [-0.05, 0) is 42.5 Å². The first-order valence-corrected chi connectivity index (χ1v) is 7.74. The zero-order valence-electron chi connectivity index (χ0n) is 13.9. The highest BCUT2D eigenvalue weighted by Gasteiger charge is 2.30. The van der Waals surface area contributed by atoms with Crippen LogP contribution in [0.2, 0.25) is 0 Å². The molecule has 138 valence electrons. The lowest BCUT2D eigenvalue weighted by Gasteiger charge is -2.11. The fourth-order valence-corrected chi connectivity index (χ4v) is 2.28. The number of anilines is 1. The van der Waals surface area contributed by atoms with Crippen LogP contribution in [0.4, 0.5) is 18.9 Å². The van der Waals surface area contributed by atoms with Crippen LogP contribution in [-0.4, -0.2) is 25.5 Å². The number of ether oxygens (including phenoxy) is 2. The summed E-state index contributed by atoms with van der Waals surface area (Å²) in [5.74, 6) is 1.04. The van der Waals surface area contributed by atoms with Gasteiger partial charge in [-0.2, -0.15) is 18.3 Å². The fourth-order valence-electron chi connectivity index (χ4n) is 2.11. The molecule has 2 rings (SSSR count). The van der Waals surface area contributed by atoms with Gasteiger partial charge >= 0.3 is 6.18 Å². The quantitative estimate of drug-likeness (QED) is 0.464. The molecular weight excluding hydrogens is 367 g/mol. The minimum absolute atomic E-state index is 0.0439. The molecule has 0 bridgehead atoms. The Morgan fingerprint density at radius 2 is 1.85 bits per heavy atom. The Morgan fingerprint density at radius 1 is 1.12 bits per heavy atom. The topological polar surface area (TPSA) is 54.9 Å². The molecule has 26 heavy (non-hydrogen) atoms. The van der Waals surface area contributed by atoms with Crippen LogP contribution in [0, 0.1) is 0 Å². The van der Waals surface area contributed by atoms with Crippen LogP contribution < -0.4 is 20.2 Å². The lowest BCUT2D eigenvalue weighted by molar-refractivity contribution is -0.137. The molecule has 0 radical (unpaired) electrons. The summed E-state index contributed by atoms with van der Waals surface area (Å²) in [6, 6.07) is 9.97. The summed E-state index contributed by atoms with van der Waals surface area (Å²) in [6.07, 6.45) is -2.96. The number of nitrogens with zero attached hydrogens (tertiary/aromatic N) is 1. The van der Waals surface area contributed by atoms with Crippen molar-refractivity contribution in [2.45, 2.75) is 6.18 Å². The van der Waals surface area contributed by atoms with E-state index in [1.54, 1.807) is 18.2 Å². The first-order chi connectivity index (χ1) is 12.3. The minimum Gasteiger partial charge on any atom is -0.493 e. The standard InChI is InChI=1S/C17H16F3N3O2S/c1-24-14-8-3-5-11(15(14)25-2)10-21-23-16(26)22-13-7-4-6-12(9-13)17(18,19)20/h3-10H,1-2H3,(H2,22,23,26)/b21-10+. The Hall–Kier alpha value is -2.81. The number of hydrazone groups is 1. The smallest absolute Gasteiger partial charge is 0.416 e. The van der Waals surface area contributed by atoms with Crippen molar-refractivity contribution in [2.24, 2.45) is 5.10 Å². The second kappa shape index (κ2) is 8.52. The summed E-state index contributed by atoms with van der Waals surface area (Å²) >= 11 is 5.02. The van der Waals surface area contributed by atoms with Crippen molar-refractivity contribution in [3.63, 3.8) is 0 Å². The maximum Gasteiger partial charge on any atom is 0.416 e. The third-order valence-electron chi connectivity index (χ3n) is 3.25. The Balaban J connectivity index is 2.03. The maximum atomic E-state index is 12.7. The van der Waals surface area contributed by atoms with E-state index in [0.29, 0.717) is 17.1 Å². The molecule has 0 saturated heterocycles. The number of halogens is 3. The van der Waals surface area contributed by atoms with Crippen LogP contribution in [0.25, 0.3) is 0 Å². The number of thiocarbonyl (C=S) groups is 1. The molecule has 2 aromatic carbocycles. The molecule has 9 heteroatoms. The number of rotatable bonds is 5. The van der Waals surface area contributed by atoms with Gasteiger partial charge in [0.1, 0.15) is 0 Å². The average molecular weight is 383 g/mol. The zero-order chi connectivity index (χ0) is 19.2. The number of hydrogen-bond donors (Lipinski definition) is 2. The molecule has 0 atom stereocenters. The molecule has 2 N–H and O–H groups in total. The summed E-state index contributed by atoms with van der Waals surface area (Å²) in [6.45, 7) is 0. The molecular formula is C17H16F3N3O2S. The second-order valence-corrected chi connectivity index (χ2v) is 5.39. The number of nitrogens with one attached hydrogen (secondary N) is 2. The lowest BCUT2D eigenvalue weighted by atomic mass is 10.2. The largest absolute Gasteiger partial charge is 0.493 e. The van der Waals surface area contributed by atoms with Crippen molar-refractivity contribution < 1.29 is 22.6 Å². The Labute approximate surface area is 153 Å². The van der Waals surface area contributed by atoms with Gasteiger partial charge in [0.2, 0.25) is 0 Å². The average Bonchev–Trinajstić information content (AvgIpc) is 2.60. The van der Waals surface area contributed by atoms with Crippen molar-refractivity contribution >= 4 is 29.2 Å². The third kappa shape index (κ3) is 5.09. The molecule has 0 aliphatic rings. The zero-order valence-corrected chi connectivity index (χ0v) is 14.7. The van der Waals surface area contributed by atoms with Gasteiger partial charge in [0.05, 0.1) is 26.0 Å². The third-order valence-corrected chi connectivity index (χ3v) is 3.44. The second-order valence-electron chi connectivity index (χ2n) is 4.99. The highest BCUT2D eigenvalue weighted by atomic mass is 32.1. The van der Waals surface area contributed by atoms with Gasteiger partial charge in [0.25, 0.3) is 0 Å². The summed E-state index contributed by atoms with van der Waals surface area (Å²) in [7, 11) is 3.02. The van der Waals surface area contributed by atoms with Crippen LogP contribution in [0.15, 0.2) is 47.6 Å². The lowest BCUT2D eigenvalue weighted by Crippen LogP contribution is -2.24. The summed E-state index contributed by atoms with van der Waals surface area (Å²) in [5.41, 5.74) is 2.61. The van der Waals surface area contributed by atoms with Crippen molar-refractivity contribution in [3.8, 4) is 11.5 Å². The van der Waals surface area contributed by atoms with E-state index in [1.165, 1.54) is 32.6 Å². The molecule has 0 amide bonds. The summed E-state index contributed by atoms with van der Waals surface area (Å²) in [4.78, 5) is 0. The molecule has 0 aliphatic carbocycles. The number of benzene rings is 2. The first-order valence-electron chi connectivity index (χ1n) is 7.33. The van der Waals surface area contributed by atoms with E-state index in [1.807, 2.05) is 0 Å². The highest BCUT2D eigenvalue weighted by molar-refractivity contribution is 7.80. The molecule has 0 unspecified atom stereocenters. The number of methoxy groups -OCH3 is 2. The molecule has 0 fully saturated rings. The van der Waals surface area contributed by atoms with E-state index in [9.17, 15) is 13.2 Å². The van der Waals surface area contributed by atoms with Gasteiger partial charge in [-0.1, -0.05) is 12.1 Å². The van der Waals surface area contributed by atoms with Crippen LogP contribution >= 0.6 is 12.2 Å². The van der Waals surface area contributed by atoms with E-state index < -0.39 is 11.7 Å². The van der Waals surface area contributed by atoms with E-state index in [-0.39, 0.29) is 10.8 Å². The highest BCUT2D eigenvalue weighted by Crippen LogP contribution is 2.31. The van der Waals surface area contributed by atoms with Crippen LogP contribution in [0.3, 0.4) is 0 Å². The van der Waals surface area contributed by atoms with Gasteiger partial charge in [-0.15, -0.1) is 0 Å². The SMILES string of the molecule is COc1cccc(/C=N/NC(=S)Nc2cccc(C(F)(F)F)c2)c1OC. The predicted molar refractivity (Wildman–Crippen MR) is 97.9 cm³/mol. The number of para-hydroxylation sites is 1. The predicted octanol–water partition coefficient (Wildman–Crippen LogP) is 4.04. The van der Waals surface area contributed by atoms with Gasteiger partial charge < -0.3 is 14.8 Å². The number of alkyl halides is 3. The van der Waals surface area contributed by atoms with E-state index in [4.69, 9.17) is 21.7 Å². The van der Waals surface area contributed by atoms with Gasteiger partial charge in [0.15, 0.2) is 16.6 Å². The monoisotopic (exact) mass is 383 g/mol. The fraction of sp³-hybridized carbons (Fsp3) is 0.176. The first kappa shape index (κ1) is 19.5. The van der Waals surface area contributed by atoms with Gasteiger partial charge in [-0.25, -0.2) is 0 Å². The molecule has 0 aromatic heterocycles. The van der Waals surface area contributed by atoms with E-state index >= 15 is 0 Å². The van der Waals surface area contributed by atoms with Crippen molar-refractivity contribution in [1.29, 1.82) is 0 Å². The van der Waals surface area contributed by atoms with Gasteiger partial charge in [0, 0.05) is 11.3 Å². The van der Waals surface area contributed by atoms with Crippen LogP contribution in [0.1, 0.15) is 11.1 Å². The van der Waals surface area contributed by atoms with E-state index in [0.717, 1.165) is 12.1 Å². The maximum absolute atomic E-state index is 12.7. The summed E-state index contributed by atoms with van der Waals surface area (Å²) in [5, 5.41) is 6.64. The minimum atomic E-state index is -4.42. The Kier molecular flexibility index (Phi) is 6.40. The van der Waals surface area contributed by atoms with Crippen LogP contribution in [0.5, 0.6) is 11.5 Å². The molecule has 0 heterocycles. The van der Waals surface area contributed by atoms with Crippen molar-refractivity contribution in [3.05, 3.63) is 53.6 Å². The molecule has 0 aliphatic heterocycles. The summed E-state index contributed by atoms with van der Waals surface area (Å²) < 4.78 is 48.6. The Bertz CT molecular complexity index is 810. The normalized spacial score (nSPS) is 11.3.